The van der Waals surface area contributed by atoms with Crippen molar-refractivity contribution in [3.63, 3.8) is 0 Å². The van der Waals surface area contributed by atoms with Crippen molar-refractivity contribution in [2.45, 2.75) is 13.8 Å². The summed E-state index contributed by atoms with van der Waals surface area (Å²) in [6.07, 6.45) is 17.1. The van der Waals surface area contributed by atoms with E-state index >= 15 is 0 Å². The Morgan fingerprint density at radius 3 is 1.22 bits per heavy atom. The van der Waals surface area contributed by atoms with Crippen molar-refractivity contribution in [2.24, 2.45) is 0 Å². The van der Waals surface area contributed by atoms with E-state index in [0.717, 1.165) is 0 Å². The zero-order valence-electron chi connectivity index (χ0n) is 10.8. The van der Waals surface area contributed by atoms with Gasteiger partial charge < -0.3 is 0 Å². The Morgan fingerprint density at radius 2 is 0.889 bits per heavy atom. The topological polar surface area (TPSA) is 0 Å². The van der Waals surface area contributed by atoms with E-state index in [0.29, 0.717) is 0 Å². The van der Waals surface area contributed by atoms with Crippen molar-refractivity contribution in [3.05, 3.63) is 97.6 Å². The summed E-state index contributed by atoms with van der Waals surface area (Å²) in [4.78, 5) is 0. The predicted octanol–water partition coefficient (Wildman–Crippen LogP) is 3.81. The Morgan fingerprint density at radius 1 is 0.556 bits per heavy atom. The molecule has 2 aliphatic carbocycles. The van der Waals surface area contributed by atoms with Crippen molar-refractivity contribution in [3.8, 4) is 0 Å². The van der Waals surface area contributed by atoms with Crippen LogP contribution in [-0.4, -0.2) is 0 Å². The summed E-state index contributed by atoms with van der Waals surface area (Å²) in [5, 5.41) is 0. The van der Waals surface area contributed by atoms with Crippen LogP contribution < -0.4 is 0 Å². The highest BCUT2D eigenvalue weighted by Crippen LogP contribution is 2.40. The highest BCUT2D eigenvalue weighted by molar-refractivity contribution is 5.63. The Labute approximate surface area is 112 Å². The van der Waals surface area contributed by atoms with Gasteiger partial charge in [0.2, 0.25) is 0 Å². The van der Waals surface area contributed by atoms with E-state index in [4.69, 9.17) is 0 Å². The lowest BCUT2D eigenvalue weighted by Crippen LogP contribution is -2.07. The standard InChI is InChI=1S/C18H16/c1-13-11-17(15-7-3-4-8-15)18(12-14(13)2)16-9-5-6-10-16/h3-12H,1-2H3. The molecular formula is C18H16. The molecule has 2 fully saturated rings. The molecule has 2 saturated carbocycles. The molecule has 0 heteroatoms. The van der Waals surface area contributed by atoms with Crippen LogP contribution >= 0.6 is 0 Å². The second-order valence-corrected chi connectivity index (χ2v) is 4.83. The molecule has 2 aliphatic rings. The molecule has 0 atom stereocenters. The zero-order valence-corrected chi connectivity index (χ0v) is 10.8. The van der Waals surface area contributed by atoms with Crippen LogP contribution in [0.3, 0.4) is 0 Å². The molecule has 0 saturated heterocycles. The average Bonchev–Trinajstić information content (AvgIpc) is 3.02. The van der Waals surface area contributed by atoms with Crippen molar-refractivity contribution in [1.82, 2.24) is 0 Å². The molecule has 0 bridgehead atoms. The third-order valence-electron chi connectivity index (χ3n) is 3.58. The van der Waals surface area contributed by atoms with Crippen LogP contribution in [-0.2, 0) is 0 Å². The molecule has 1 aromatic carbocycles. The van der Waals surface area contributed by atoms with Gasteiger partial charge in [-0.05, 0) is 87.5 Å². The van der Waals surface area contributed by atoms with Gasteiger partial charge in [0.25, 0.3) is 0 Å². The lowest BCUT2D eigenvalue weighted by Gasteiger charge is -2.20. The third kappa shape index (κ3) is 2.22. The fourth-order valence-electron chi connectivity index (χ4n) is 2.40. The van der Waals surface area contributed by atoms with Gasteiger partial charge in [-0.1, -0.05) is 12.1 Å². The number of aryl methyl sites for hydroxylation is 2. The van der Waals surface area contributed by atoms with Crippen LogP contribution in [0.1, 0.15) is 22.3 Å². The summed E-state index contributed by atoms with van der Waals surface area (Å²) in [5.74, 6) is 2.60. The molecule has 0 spiro atoms. The van der Waals surface area contributed by atoms with Gasteiger partial charge in [0.15, 0.2) is 0 Å². The fraction of sp³-hybridized carbons (Fsp3) is 0.111. The predicted molar refractivity (Wildman–Crippen MR) is 75.0 cm³/mol. The summed E-state index contributed by atoms with van der Waals surface area (Å²) in [5.41, 5.74) is 5.35. The molecule has 3 rings (SSSR count). The molecule has 0 unspecified atom stereocenters. The second-order valence-electron chi connectivity index (χ2n) is 4.83. The van der Waals surface area contributed by atoms with Crippen LogP contribution in [0, 0.1) is 77.0 Å². The maximum atomic E-state index is 2.30. The van der Waals surface area contributed by atoms with Crippen LogP contribution in [0.2, 0.25) is 0 Å². The van der Waals surface area contributed by atoms with Gasteiger partial charge in [-0.15, -0.1) is 0 Å². The van der Waals surface area contributed by atoms with Gasteiger partial charge in [0, 0.05) is 11.8 Å². The van der Waals surface area contributed by atoms with E-state index in [2.05, 4.69) is 77.3 Å². The lowest BCUT2D eigenvalue weighted by molar-refractivity contribution is 1.15. The summed E-state index contributed by atoms with van der Waals surface area (Å²) in [6.45, 7) is 4.35. The maximum Gasteiger partial charge on any atom is 0.0127 e. The number of hydrogen-bond donors (Lipinski definition) is 0. The molecule has 0 aliphatic heterocycles. The minimum Gasteiger partial charge on any atom is -0.0549 e. The fourth-order valence-corrected chi connectivity index (χ4v) is 2.40. The highest BCUT2D eigenvalue weighted by Gasteiger charge is 2.27. The van der Waals surface area contributed by atoms with Crippen molar-refractivity contribution >= 4 is 0 Å². The van der Waals surface area contributed by atoms with Crippen LogP contribution in [0.5, 0.6) is 0 Å². The minimum atomic E-state index is 1.30. The van der Waals surface area contributed by atoms with E-state index in [1.807, 2.05) is 0 Å². The van der Waals surface area contributed by atoms with Crippen LogP contribution in [0.4, 0.5) is 0 Å². The lowest BCUT2D eigenvalue weighted by atomic mass is 9.83. The summed E-state index contributed by atoms with van der Waals surface area (Å²) in [6, 6.07) is 4.60. The normalized spacial score (nSPS) is 21.9. The third-order valence-corrected chi connectivity index (χ3v) is 3.58. The molecule has 88 valence electrons. The SMILES string of the molecule is Cc1cc([C]2[CH][CH][CH][CH]2)c([C]2[CH][CH][CH][CH]2)cc1C. The summed E-state index contributed by atoms with van der Waals surface area (Å²) < 4.78 is 0. The quantitative estimate of drug-likeness (QED) is 0.727. The number of rotatable bonds is 2. The molecule has 0 N–H and O–H groups in total. The van der Waals surface area contributed by atoms with Gasteiger partial charge in [0.1, 0.15) is 0 Å². The Kier molecular flexibility index (Phi) is 3.46. The molecule has 0 heterocycles. The van der Waals surface area contributed by atoms with Gasteiger partial charge in [-0.3, -0.25) is 0 Å². The largest absolute Gasteiger partial charge is 0.0549 e. The van der Waals surface area contributed by atoms with Gasteiger partial charge >= 0.3 is 0 Å². The van der Waals surface area contributed by atoms with E-state index in [1.54, 1.807) is 0 Å². The summed E-state index contributed by atoms with van der Waals surface area (Å²) in [7, 11) is 0. The Bertz CT molecular complexity index is 377. The molecule has 18 heavy (non-hydrogen) atoms. The van der Waals surface area contributed by atoms with Gasteiger partial charge in [-0.2, -0.15) is 0 Å². The molecule has 10 radical (unpaired) electrons. The van der Waals surface area contributed by atoms with Crippen molar-refractivity contribution < 1.29 is 0 Å². The van der Waals surface area contributed by atoms with E-state index < -0.39 is 0 Å². The number of hydrogen-bond acceptors (Lipinski definition) is 0. The monoisotopic (exact) mass is 232 g/mol. The smallest absolute Gasteiger partial charge is 0.0127 e. The van der Waals surface area contributed by atoms with Gasteiger partial charge in [0.05, 0.1) is 0 Å². The molecule has 0 amide bonds. The van der Waals surface area contributed by atoms with E-state index in [9.17, 15) is 0 Å². The average molecular weight is 232 g/mol. The first kappa shape index (κ1) is 12.3. The molecule has 0 nitrogen and oxygen atoms in total. The first-order valence-electron chi connectivity index (χ1n) is 6.31. The van der Waals surface area contributed by atoms with E-state index in [1.165, 1.54) is 34.1 Å². The molecular weight excluding hydrogens is 216 g/mol. The number of benzene rings is 1. The Balaban J connectivity index is 2.00. The first-order valence-corrected chi connectivity index (χ1v) is 6.31. The van der Waals surface area contributed by atoms with Gasteiger partial charge in [-0.25, -0.2) is 0 Å². The van der Waals surface area contributed by atoms with Crippen molar-refractivity contribution in [1.29, 1.82) is 0 Å². The first-order chi connectivity index (χ1) is 8.75. The molecule has 1 aromatic rings. The Hall–Kier alpha value is -0.780. The van der Waals surface area contributed by atoms with Crippen molar-refractivity contribution in [2.75, 3.05) is 0 Å². The minimum absolute atomic E-state index is 1.30. The summed E-state index contributed by atoms with van der Waals surface area (Å²) >= 11 is 0. The van der Waals surface area contributed by atoms with Crippen LogP contribution in [0.15, 0.2) is 12.1 Å². The highest BCUT2D eigenvalue weighted by atomic mass is 14.3. The van der Waals surface area contributed by atoms with Crippen LogP contribution in [0.25, 0.3) is 0 Å². The second kappa shape index (κ2) is 5.07. The maximum absolute atomic E-state index is 2.30. The molecule has 0 aromatic heterocycles. The van der Waals surface area contributed by atoms with E-state index in [-0.39, 0.29) is 0 Å². The zero-order chi connectivity index (χ0) is 12.5.